The average Bonchev–Trinajstić information content (AvgIpc) is 3.11. The third-order valence-electron chi connectivity index (χ3n) is 5.20. The lowest BCUT2D eigenvalue weighted by atomic mass is 10.1. The normalized spacial score (nSPS) is 12.4. The molecule has 8 nitrogen and oxygen atoms in total. The summed E-state index contributed by atoms with van der Waals surface area (Å²) in [7, 11) is 2.90. The first kappa shape index (κ1) is 21.8. The number of hydrogen-bond donors (Lipinski definition) is 0. The highest BCUT2D eigenvalue weighted by molar-refractivity contribution is 6.34. The Morgan fingerprint density at radius 2 is 1.45 bits per heavy atom. The Morgan fingerprint density at radius 3 is 2.03 bits per heavy atom. The molecule has 8 heteroatoms. The van der Waals surface area contributed by atoms with E-state index in [2.05, 4.69) is 0 Å². The number of nitrogens with zero attached hydrogens (tertiary/aromatic N) is 1. The molecule has 0 spiro atoms. The van der Waals surface area contributed by atoms with Gasteiger partial charge in [-0.05, 0) is 54.6 Å². The molecule has 3 aromatic carbocycles. The van der Waals surface area contributed by atoms with Gasteiger partial charge in [0.25, 0.3) is 11.8 Å². The van der Waals surface area contributed by atoms with Crippen molar-refractivity contribution >= 4 is 29.3 Å². The Bertz CT molecular complexity index is 1230. The van der Waals surface area contributed by atoms with E-state index in [4.69, 9.17) is 14.2 Å². The maximum Gasteiger partial charge on any atom is 0.338 e. The second-order valence-corrected chi connectivity index (χ2v) is 7.10. The number of hydrogen-bond acceptors (Lipinski definition) is 7. The summed E-state index contributed by atoms with van der Waals surface area (Å²) in [5, 5.41) is 0. The van der Waals surface area contributed by atoms with E-state index in [9.17, 15) is 19.2 Å². The van der Waals surface area contributed by atoms with Crippen LogP contribution in [0.15, 0.2) is 66.7 Å². The predicted molar refractivity (Wildman–Crippen MR) is 118 cm³/mol. The standard InChI is InChI=1S/C25H19NO7/c1-31-17-11-12-22(32-2)20(13-17)21(27)14-33-25(30)15-7-9-16(10-8-15)26-23(28)18-5-3-4-6-19(18)24(26)29/h3-13H,14H2,1-2H3. The van der Waals surface area contributed by atoms with E-state index in [1.54, 1.807) is 36.4 Å². The Labute approximate surface area is 189 Å². The van der Waals surface area contributed by atoms with Crippen molar-refractivity contribution in [1.29, 1.82) is 0 Å². The average molecular weight is 445 g/mol. The molecule has 4 rings (SSSR count). The summed E-state index contributed by atoms with van der Waals surface area (Å²) in [4.78, 5) is 51.2. The van der Waals surface area contributed by atoms with Crippen LogP contribution in [0.3, 0.4) is 0 Å². The number of methoxy groups -OCH3 is 2. The molecule has 1 aliphatic rings. The van der Waals surface area contributed by atoms with Crippen LogP contribution in [0.1, 0.15) is 41.4 Å². The number of carbonyl (C=O) groups excluding carboxylic acids is 4. The molecular formula is C25H19NO7. The van der Waals surface area contributed by atoms with Gasteiger partial charge in [-0.2, -0.15) is 0 Å². The third-order valence-corrected chi connectivity index (χ3v) is 5.20. The molecule has 0 saturated heterocycles. The molecule has 0 bridgehead atoms. The molecule has 0 fully saturated rings. The highest BCUT2D eigenvalue weighted by Gasteiger charge is 2.36. The number of carbonyl (C=O) groups is 4. The van der Waals surface area contributed by atoms with Gasteiger partial charge in [0.1, 0.15) is 11.5 Å². The van der Waals surface area contributed by atoms with Gasteiger partial charge in [0, 0.05) is 0 Å². The van der Waals surface area contributed by atoms with Crippen molar-refractivity contribution < 1.29 is 33.4 Å². The van der Waals surface area contributed by atoms with E-state index in [1.165, 1.54) is 44.6 Å². The number of anilines is 1. The van der Waals surface area contributed by atoms with Crippen LogP contribution in [-0.4, -0.2) is 44.4 Å². The van der Waals surface area contributed by atoms with Gasteiger partial charge in [0.15, 0.2) is 6.61 Å². The van der Waals surface area contributed by atoms with Crippen molar-refractivity contribution in [2.45, 2.75) is 0 Å². The van der Waals surface area contributed by atoms with E-state index in [0.29, 0.717) is 28.3 Å². The fourth-order valence-electron chi connectivity index (χ4n) is 3.49. The number of ketones is 1. The van der Waals surface area contributed by atoms with Crippen LogP contribution in [0.5, 0.6) is 11.5 Å². The highest BCUT2D eigenvalue weighted by Crippen LogP contribution is 2.28. The van der Waals surface area contributed by atoms with Gasteiger partial charge in [-0.15, -0.1) is 0 Å². The fraction of sp³-hybridized carbons (Fsp3) is 0.120. The van der Waals surface area contributed by atoms with Crippen molar-refractivity contribution in [2.75, 3.05) is 25.7 Å². The topological polar surface area (TPSA) is 99.2 Å². The molecular weight excluding hydrogens is 426 g/mol. The van der Waals surface area contributed by atoms with Crippen molar-refractivity contribution in [2.24, 2.45) is 0 Å². The number of Topliss-reactive ketones (excluding diaryl/α,β-unsaturated/α-hetero) is 1. The van der Waals surface area contributed by atoms with Gasteiger partial charge < -0.3 is 14.2 Å². The maximum atomic E-state index is 12.6. The Hall–Kier alpha value is -4.46. The second-order valence-electron chi connectivity index (χ2n) is 7.10. The SMILES string of the molecule is COc1ccc(OC)c(C(=O)COC(=O)c2ccc(N3C(=O)c4ccccc4C3=O)cc2)c1. The van der Waals surface area contributed by atoms with Crippen molar-refractivity contribution in [3.8, 4) is 11.5 Å². The van der Waals surface area contributed by atoms with Gasteiger partial charge in [0.05, 0.1) is 42.2 Å². The fourth-order valence-corrected chi connectivity index (χ4v) is 3.49. The minimum absolute atomic E-state index is 0.167. The number of rotatable bonds is 7. The molecule has 0 unspecified atom stereocenters. The molecule has 0 aromatic heterocycles. The molecule has 166 valence electrons. The number of ether oxygens (including phenoxy) is 3. The van der Waals surface area contributed by atoms with Crippen LogP contribution in [0.2, 0.25) is 0 Å². The van der Waals surface area contributed by atoms with Crippen LogP contribution < -0.4 is 14.4 Å². The van der Waals surface area contributed by atoms with Gasteiger partial charge in [-0.1, -0.05) is 12.1 Å². The number of fused-ring (bicyclic) bond motifs is 1. The molecule has 0 radical (unpaired) electrons. The molecule has 0 aliphatic carbocycles. The van der Waals surface area contributed by atoms with Crippen LogP contribution in [0, 0.1) is 0 Å². The van der Waals surface area contributed by atoms with Gasteiger partial charge in [-0.25, -0.2) is 9.69 Å². The summed E-state index contributed by atoms with van der Waals surface area (Å²) in [6.07, 6.45) is 0. The van der Waals surface area contributed by atoms with E-state index in [0.717, 1.165) is 4.90 Å². The number of amides is 2. The lowest BCUT2D eigenvalue weighted by Gasteiger charge is -2.14. The highest BCUT2D eigenvalue weighted by atomic mass is 16.5. The first-order chi connectivity index (χ1) is 15.9. The lowest BCUT2D eigenvalue weighted by molar-refractivity contribution is 0.0474. The smallest absolute Gasteiger partial charge is 0.338 e. The van der Waals surface area contributed by atoms with Crippen LogP contribution in [0.25, 0.3) is 0 Å². The van der Waals surface area contributed by atoms with E-state index in [-0.39, 0.29) is 11.1 Å². The van der Waals surface area contributed by atoms with E-state index < -0.39 is 30.2 Å². The molecule has 1 heterocycles. The third kappa shape index (κ3) is 4.06. The Kier molecular flexibility index (Phi) is 5.91. The lowest BCUT2D eigenvalue weighted by Crippen LogP contribution is -2.29. The first-order valence-corrected chi connectivity index (χ1v) is 9.95. The van der Waals surface area contributed by atoms with Crippen LogP contribution in [0.4, 0.5) is 5.69 Å². The summed E-state index contributed by atoms with van der Waals surface area (Å²) >= 11 is 0. The summed E-state index contributed by atoms with van der Waals surface area (Å²) < 4.78 is 15.4. The van der Waals surface area contributed by atoms with Gasteiger partial charge >= 0.3 is 5.97 Å². The molecule has 33 heavy (non-hydrogen) atoms. The summed E-state index contributed by atoms with van der Waals surface area (Å²) in [6.45, 7) is -0.498. The summed E-state index contributed by atoms with van der Waals surface area (Å²) in [6, 6.07) is 17.1. The largest absolute Gasteiger partial charge is 0.497 e. The molecule has 2 amide bonds. The number of esters is 1. The van der Waals surface area contributed by atoms with Crippen molar-refractivity contribution in [3.05, 3.63) is 89.0 Å². The summed E-state index contributed by atoms with van der Waals surface area (Å²) in [5.74, 6) is -1.23. The van der Waals surface area contributed by atoms with Gasteiger partial charge in [0.2, 0.25) is 5.78 Å². The zero-order chi connectivity index (χ0) is 23.5. The molecule has 0 atom stereocenters. The maximum absolute atomic E-state index is 12.6. The molecule has 3 aromatic rings. The minimum Gasteiger partial charge on any atom is -0.497 e. The number of imide groups is 1. The number of benzene rings is 3. The predicted octanol–water partition coefficient (Wildman–Crippen LogP) is 3.54. The Morgan fingerprint density at radius 1 is 0.818 bits per heavy atom. The Balaban J connectivity index is 1.44. The van der Waals surface area contributed by atoms with Gasteiger partial charge in [-0.3, -0.25) is 14.4 Å². The zero-order valence-electron chi connectivity index (χ0n) is 17.9. The van der Waals surface area contributed by atoms with Crippen molar-refractivity contribution in [3.63, 3.8) is 0 Å². The second kappa shape index (κ2) is 8.96. The van der Waals surface area contributed by atoms with Crippen LogP contribution in [-0.2, 0) is 4.74 Å². The molecule has 0 saturated carbocycles. The monoisotopic (exact) mass is 445 g/mol. The molecule has 1 aliphatic heterocycles. The molecule has 0 N–H and O–H groups in total. The minimum atomic E-state index is -0.723. The van der Waals surface area contributed by atoms with E-state index in [1.807, 2.05) is 0 Å². The zero-order valence-corrected chi connectivity index (χ0v) is 17.9. The quantitative estimate of drug-likeness (QED) is 0.312. The van der Waals surface area contributed by atoms with Crippen LogP contribution >= 0.6 is 0 Å². The van der Waals surface area contributed by atoms with E-state index >= 15 is 0 Å². The first-order valence-electron chi connectivity index (χ1n) is 9.95. The summed E-state index contributed by atoms with van der Waals surface area (Å²) in [5.41, 5.74) is 1.39. The van der Waals surface area contributed by atoms with Crippen molar-refractivity contribution in [1.82, 2.24) is 0 Å².